The Balaban J connectivity index is 0.000000179. The fraction of sp³-hybridized carbons (Fsp3) is 0.229. The van der Waals surface area contributed by atoms with Gasteiger partial charge in [-0.05, 0) is 95.6 Å². The summed E-state index contributed by atoms with van der Waals surface area (Å²) in [5, 5.41) is 30.0. The zero-order chi connectivity index (χ0) is 70.2. The second-order valence-electron chi connectivity index (χ2n) is 23.8. The highest BCUT2D eigenvalue weighted by molar-refractivity contribution is 7.12. The van der Waals surface area contributed by atoms with Crippen LogP contribution < -0.4 is 20.4 Å². The molecule has 0 aliphatic carbocycles. The van der Waals surface area contributed by atoms with Crippen LogP contribution in [0.3, 0.4) is 0 Å². The smallest absolute Gasteiger partial charge is 0.338 e. The van der Waals surface area contributed by atoms with E-state index in [1.54, 1.807) is 74.3 Å². The molecule has 8 aromatic rings. The van der Waals surface area contributed by atoms with Gasteiger partial charge in [0.05, 0.1) is 54.3 Å². The fourth-order valence-electron chi connectivity index (χ4n) is 13.0. The monoisotopic (exact) mass is 1440 g/mol. The molecule has 2 aromatic heterocycles. The largest absolute Gasteiger partial charge is 0.478 e. The third-order valence-electron chi connectivity index (χ3n) is 17.9. The van der Waals surface area contributed by atoms with Crippen molar-refractivity contribution in [1.29, 1.82) is 0 Å². The number of aromatic nitrogens is 2. The second kappa shape index (κ2) is 28.8. The molecule has 0 unspecified atom stereocenters. The first kappa shape index (κ1) is 68.2. The Kier molecular flexibility index (Phi) is 19.7. The number of methoxy groups -OCH3 is 2. The van der Waals surface area contributed by atoms with E-state index >= 15 is 4.39 Å². The van der Waals surface area contributed by atoms with Crippen LogP contribution in [0.1, 0.15) is 53.9 Å². The Morgan fingerprint density at radius 1 is 0.550 bits per heavy atom. The molecular formula is C70H58Cl2F4N12O10S2. The average Bonchev–Trinajstić information content (AvgIpc) is 1.29. The number of hydrogen-bond donors (Lipinski definition) is 4. The summed E-state index contributed by atoms with van der Waals surface area (Å²) in [7, 11) is 2.55. The van der Waals surface area contributed by atoms with Crippen LogP contribution in [0.4, 0.5) is 38.5 Å². The molecule has 0 bridgehead atoms. The molecule has 6 aromatic carbocycles. The second-order valence-corrected chi connectivity index (χ2v) is 26.4. The van der Waals surface area contributed by atoms with Crippen LogP contribution in [0.25, 0.3) is 22.3 Å². The first-order valence-corrected chi connectivity index (χ1v) is 33.6. The number of benzene rings is 6. The van der Waals surface area contributed by atoms with Crippen LogP contribution >= 0.6 is 45.9 Å². The van der Waals surface area contributed by atoms with Gasteiger partial charge < -0.3 is 40.1 Å². The zero-order valence-electron chi connectivity index (χ0n) is 53.0. The Bertz CT molecular complexity index is 4700. The fourth-order valence-corrected chi connectivity index (χ4v) is 14.8. The van der Waals surface area contributed by atoms with E-state index in [0.29, 0.717) is 112 Å². The van der Waals surface area contributed by atoms with Crippen molar-refractivity contribution in [3.05, 3.63) is 233 Å². The van der Waals surface area contributed by atoms with Gasteiger partial charge in [-0.25, -0.2) is 56.3 Å². The highest BCUT2D eigenvalue weighted by Crippen LogP contribution is 2.41. The molecule has 8 heterocycles. The van der Waals surface area contributed by atoms with Crippen LogP contribution in [-0.4, -0.2) is 179 Å². The summed E-state index contributed by atoms with van der Waals surface area (Å²) in [6.45, 7) is 3.76. The topological polar surface area (TPSA) is 255 Å². The number of hydrogen-bond acceptors (Lipinski definition) is 18. The van der Waals surface area contributed by atoms with E-state index < -0.39 is 59.2 Å². The summed E-state index contributed by atoms with van der Waals surface area (Å²) in [6.07, 6.45) is 3.28. The lowest BCUT2D eigenvalue weighted by atomic mass is 9.95. The Labute approximate surface area is 586 Å². The van der Waals surface area contributed by atoms with Gasteiger partial charge in [0.1, 0.15) is 35.4 Å². The summed E-state index contributed by atoms with van der Waals surface area (Å²) < 4.78 is 68.9. The molecule has 4 fully saturated rings. The maximum atomic E-state index is 15.5. The normalized spacial score (nSPS) is 19.3. The van der Waals surface area contributed by atoms with Gasteiger partial charge in [0.25, 0.3) is 0 Å². The van der Waals surface area contributed by atoms with Crippen molar-refractivity contribution in [2.45, 2.75) is 24.2 Å². The van der Waals surface area contributed by atoms with Gasteiger partial charge in [0.2, 0.25) is 0 Å². The number of halogens is 6. The summed E-state index contributed by atoms with van der Waals surface area (Å²) in [5.41, 5.74) is 5.13. The Morgan fingerprint density at radius 3 is 1.47 bits per heavy atom. The number of thiazole rings is 2. The number of amides is 4. The van der Waals surface area contributed by atoms with Crippen LogP contribution in [0, 0.1) is 23.3 Å². The van der Waals surface area contributed by atoms with E-state index in [2.05, 4.69) is 30.4 Å². The van der Waals surface area contributed by atoms with Crippen molar-refractivity contribution in [2.75, 3.05) is 89.5 Å². The van der Waals surface area contributed by atoms with Crippen molar-refractivity contribution in [3.63, 3.8) is 0 Å². The number of aromatic carboxylic acids is 2. The van der Waals surface area contributed by atoms with Gasteiger partial charge in [-0.1, -0.05) is 65.7 Å². The lowest BCUT2D eigenvalue weighted by Gasteiger charge is -2.38. The molecule has 100 heavy (non-hydrogen) atoms. The molecule has 512 valence electrons. The van der Waals surface area contributed by atoms with Crippen molar-refractivity contribution in [2.24, 2.45) is 9.98 Å². The number of carbonyl (C=O) groups excluding carboxylic acids is 4. The summed E-state index contributed by atoms with van der Waals surface area (Å²) in [5.74, 6) is -4.65. The van der Waals surface area contributed by atoms with Crippen molar-refractivity contribution in [1.82, 2.24) is 40.2 Å². The van der Waals surface area contributed by atoms with Crippen molar-refractivity contribution in [3.8, 4) is 22.3 Å². The molecule has 0 saturated carbocycles. The maximum absolute atomic E-state index is 15.5. The number of nitrogens with zero attached hydrogens (tertiary/aromatic N) is 10. The minimum absolute atomic E-state index is 0.0841. The van der Waals surface area contributed by atoms with Crippen LogP contribution in [-0.2, 0) is 19.1 Å². The molecule has 4 saturated heterocycles. The van der Waals surface area contributed by atoms with Gasteiger partial charge in [-0.3, -0.25) is 29.6 Å². The van der Waals surface area contributed by atoms with Crippen LogP contribution in [0.15, 0.2) is 177 Å². The third kappa shape index (κ3) is 13.9. The molecule has 6 aliphatic rings. The Hall–Kier alpha value is -10.4. The van der Waals surface area contributed by atoms with E-state index in [9.17, 15) is 47.0 Å². The summed E-state index contributed by atoms with van der Waals surface area (Å²) in [6, 6.07) is 26.1. The number of aliphatic imine (C=N–C) groups is 2. The predicted octanol–water partition coefficient (Wildman–Crippen LogP) is 11.2. The summed E-state index contributed by atoms with van der Waals surface area (Å²) >= 11 is 15.7. The van der Waals surface area contributed by atoms with Gasteiger partial charge in [-0.2, -0.15) is 0 Å². The number of rotatable bonds is 16. The number of carboxylic acid groups (broad SMARTS) is 2. The molecule has 30 heteroatoms. The molecule has 22 nitrogen and oxygen atoms in total. The number of amidine groups is 2. The quantitative estimate of drug-likeness (QED) is 0.0518. The zero-order valence-corrected chi connectivity index (χ0v) is 56.1. The lowest BCUT2D eigenvalue weighted by Crippen LogP contribution is -2.53. The van der Waals surface area contributed by atoms with E-state index in [0.717, 1.165) is 0 Å². The molecule has 0 spiro atoms. The van der Waals surface area contributed by atoms with Gasteiger partial charge in [0.15, 0.2) is 21.7 Å². The van der Waals surface area contributed by atoms with Gasteiger partial charge >= 0.3 is 35.9 Å². The number of ether oxygens (including phenoxy) is 2. The highest BCUT2D eigenvalue weighted by Gasteiger charge is 2.45. The highest BCUT2D eigenvalue weighted by atomic mass is 35.5. The van der Waals surface area contributed by atoms with Gasteiger partial charge in [-0.15, -0.1) is 22.7 Å². The molecule has 4 amide bonds. The van der Waals surface area contributed by atoms with E-state index in [4.69, 9.17) is 47.8 Å². The molecule has 4 N–H and O–H groups in total. The number of urea groups is 2. The molecule has 0 radical (unpaired) electrons. The van der Waals surface area contributed by atoms with Crippen LogP contribution in [0.5, 0.6) is 0 Å². The maximum Gasteiger partial charge on any atom is 0.338 e. The molecule has 14 rings (SSSR count). The number of fused-ring (bicyclic) bond motifs is 2. The lowest BCUT2D eigenvalue weighted by molar-refractivity contribution is -0.137. The SMILES string of the molecule is COC(=O)C1=C(CN2CCN3C(=O)N(c4ccc(-c5ccc(C(=O)O)cc5)cc4F)C[C@@H]3C2)NC(c2nccs2)=N[C@H]1c1ccc(F)cc1Cl.COC(=O)C1=C(CN2CCN3C(=O)N(c4ccc(F)c(-c5ccc(C(=O)O)cc5)c4)C[C@@H]3C2)NC(c2nccs2)=N[C@H]1c1ccc(F)cc1Cl. The van der Waals surface area contributed by atoms with Crippen molar-refractivity contribution < 1.29 is 66.0 Å². The van der Waals surface area contributed by atoms with Crippen molar-refractivity contribution >= 4 is 105 Å². The minimum Gasteiger partial charge on any atom is -0.478 e. The Morgan fingerprint density at radius 2 is 1.02 bits per heavy atom. The molecular weight excluding hydrogens is 1380 g/mol. The third-order valence-corrected chi connectivity index (χ3v) is 20.1. The van der Waals surface area contributed by atoms with Gasteiger partial charge in [0, 0.05) is 132 Å². The van der Waals surface area contributed by atoms with E-state index in [1.165, 1.54) is 127 Å². The van der Waals surface area contributed by atoms with Crippen LogP contribution in [0.2, 0.25) is 10.0 Å². The first-order chi connectivity index (χ1) is 48.2. The number of piperazine rings is 2. The number of nitrogens with one attached hydrogen (secondary N) is 2. The average molecular weight is 1440 g/mol. The number of anilines is 2. The molecule has 4 atom stereocenters. The molecule has 6 aliphatic heterocycles. The minimum atomic E-state index is -1.08. The standard InChI is InChI=1S/2C35H29ClF2N6O5S/c1-49-34(47)29-27(40-31(32-39-10-13-50-32)41-30(29)24-8-7-22(37)15-25(24)36)18-42-11-12-43-23(16-42)17-44(35(43)48)28-9-6-21(14-26(28)38)19-2-4-20(5-3-19)33(45)46;1-49-34(47)29-28(40-31(32-39-10-13-50-32)41-30(29)24-8-6-21(37)14-26(24)36)18-42-11-12-43-23(16-42)17-44(35(43)48)22-7-9-27(38)25(15-22)19-2-4-20(5-3-19)33(45)46/h2*2-10,13-15,23,30H,11-12,16-18H2,1H3,(H,40,41)(H,45,46)/t2*23-,30-/m00/s1. The van der Waals surface area contributed by atoms with E-state index in [-0.39, 0.29) is 87.3 Å². The number of carbonyl (C=O) groups is 6. The first-order valence-electron chi connectivity index (χ1n) is 31.1. The van der Waals surface area contributed by atoms with E-state index in [1.807, 2.05) is 0 Å². The summed E-state index contributed by atoms with van der Waals surface area (Å²) in [4.78, 5) is 105. The number of carboxylic acids is 2. The predicted molar refractivity (Wildman–Crippen MR) is 367 cm³/mol. The number of esters is 2.